The zero-order chi connectivity index (χ0) is 80.5. The molecule has 0 saturated carbocycles. The molecule has 8 N–H and O–H groups in total. The third kappa shape index (κ3) is 15.1. The fourth-order valence-electron chi connectivity index (χ4n) is 14.7. The SMILES string of the molecule is COc1cc(=C2N=c3ccccc3=C2C(=O)c2ccoc2)[nH]/c1=C\c1[nH]c(C)cc1C.COc1cc(=C2N=c3ccccc3=C2C(=O)c2ccon2)[nH]/c1=C\c1[nH]c(C)cc1C.COc1cc(=C2N=c3ccccc3=C2C(C)=O)[nH]/c1=C\c1[nH]c(C)cc1C.COc1cc(=C2N=c3ccccc3=C2C=O)[nH]/c1=C\c1[nH]c(C)cc1C. The Bertz CT molecular complexity index is 7190. The van der Waals surface area contributed by atoms with Crippen LogP contribution in [-0.4, -0.2) is 97.1 Å². The summed E-state index contributed by atoms with van der Waals surface area (Å²) in [7, 11) is 6.52. The number of ketones is 3. The van der Waals surface area contributed by atoms with Gasteiger partial charge in [0.25, 0.3) is 0 Å². The highest BCUT2D eigenvalue weighted by atomic mass is 16.5. The summed E-state index contributed by atoms with van der Waals surface area (Å²) < 4.78 is 32.3. The van der Waals surface area contributed by atoms with Gasteiger partial charge < -0.3 is 67.8 Å². The van der Waals surface area contributed by atoms with Gasteiger partial charge in [0.05, 0.1) is 150 Å². The zero-order valence-corrected chi connectivity index (χ0v) is 65.4. The maximum atomic E-state index is 13.3. The number of furan rings is 1. The molecule has 14 aromatic rings. The normalized spacial score (nSPS) is 15.5. The van der Waals surface area contributed by atoms with E-state index in [0.717, 1.165) is 148 Å². The molecule has 0 unspecified atom stereocenters. The first-order valence-electron chi connectivity index (χ1n) is 37.0. The summed E-state index contributed by atoms with van der Waals surface area (Å²) in [5.41, 5.74) is 18.4. The minimum Gasteiger partial charge on any atom is -0.494 e. The molecule has 10 aromatic heterocycles. The number of H-pyrrole nitrogens is 8. The van der Waals surface area contributed by atoms with Gasteiger partial charge in [-0.2, -0.15) is 0 Å². The number of Topliss-reactive ketones (excluding diaryl/α,β-unsaturated/α-hetero) is 3. The largest absolute Gasteiger partial charge is 0.494 e. The molecule has 0 bridgehead atoms. The van der Waals surface area contributed by atoms with Gasteiger partial charge in [-0.25, -0.2) is 20.0 Å². The van der Waals surface area contributed by atoms with Crippen LogP contribution >= 0.6 is 0 Å². The number of methoxy groups -OCH3 is 4. The van der Waals surface area contributed by atoms with Crippen molar-refractivity contribution in [2.45, 2.75) is 62.3 Å². The average molecular weight is 1530 g/mol. The molecular weight excluding hydrogens is 1450 g/mol. The molecule has 0 amide bonds. The minimum absolute atomic E-state index is 0.00589. The molecule has 0 fully saturated rings. The van der Waals surface area contributed by atoms with Gasteiger partial charge in [0.2, 0.25) is 5.78 Å². The lowest BCUT2D eigenvalue weighted by atomic mass is 10.0. The van der Waals surface area contributed by atoms with Crippen molar-refractivity contribution in [2.75, 3.05) is 28.4 Å². The number of benzene rings is 4. The molecule has 23 nitrogen and oxygen atoms in total. The zero-order valence-electron chi connectivity index (χ0n) is 65.4. The van der Waals surface area contributed by atoms with E-state index in [1.807, 2.05) is 180 Å². The lowest BCUT2D eigenvalue weighted by Crippen LogP contribution is -2.25. The number of fused-ring (bicyclic) bond motifs is 4. The number of aryl methyl sites for hydroxylation is 8. The van der Waals surface area contributed by atoms with Crippen LogP contribution in [0.1, 0.15) is 95.6 Å². The predicted molar refractivity (Wildman–Crippen MR) is 438 cm³/mol. The van der Waals surface area contributed by atoms with Crippen molar-refractivity contribution < 1.29 is 47.1 Å². The standard InChI is InChI=1S/C25H21N3O3.C24H20N4O3.C22H21N3O2.C21H19N3O2/c1-14-10-15(2)26-19(14)11-20-22(30-3)12-21(27-20)24-23(25(29)16-8-9-31-13-16)17-6-4-5-7-18(17)28-24;1-13-10-14(2)25-18(13)11-19-21(30-3)12-20(26-19)23-22(24(29)17-8-9-31-28-17)15-6-4-5-7-16(15)27-23;1-12-9-13(2)23-17(12)10-18-20(27-4)11-19(24-18)22-21(14(3)26)15-7-5-6-8-16(15)25-22;1-12-8-13(2)22-17(12)9-18-20(26-3)10-19(23-18)21-15(11-25)14-6-4-5-7-16(14)24-21/h4-13,26-27H,1-3H3;4-12,25-26H,1-3H3;5-11,23-24H,1-4H3;4-11,22-23H,1-3H3/b20-11-,24-21?;19-11-,23-20?;18-10-,22-19?;18-9-,21-19?. The van der Waals surface area contributed by atoms with Crippen LogP contribution in [0.3, 0.4) is 0 Å². The molecule has 574 valence electrons. The first-order chi connectivity index (χ1) is 55.7. The van der Waals surface area contributed by atoms with Crippen LogP contribution in [0.2, 0.25) is 0 Å². The Morgan fingerprint density at radius 1 is 0.374 bits per heavy atom. The summed E-state index contributed by atoms with van der Waals surface area (Å²) in [4.78, 5) is 96.3. The maximum Gasteiger partial charge on any atom is 0.217 e. The van der Waals surface area contributed by atoms with E-state index in [1.54, 1.807) is 47.5 Å². The molecule has 18 rings (SSSR count). The van der Waals surface area contributed by atoms with E-state index in [1.165, 1.54) is 18.8 Å². The van der Waals surface area contributed by atoms with E-state index in [2.05, 4.69) is 95.1 Å². The van der Waals surface area contributed by atoms with E-state index in [-0.39, 0.29) is 23.0 Å². The smallest absolute Gasteiger partial charge is 0.217 e. The minimum atomic E-state index is -0.243. The number of aromatic amines is 8. The highest BCUT2D eigenvalue weighted by molar-refractivity contribution is 6.35. The first-order valence-corrected chi connectivity index (χ1v) is 37.0. The van der Waals surface area contributed by atoms with E-state index in [4.69, 9.17) is 42.9 Å². The van der Waals surface area contributed by atoms with Crippen LogP contribution < -0.4 is 104 Å². The van der Waals surface area contributed by atoms with Gasteiger partial charge in [-0.1, -0.05) is 78.0 Å². The van der Waals surface area contributed by atoms with Crippen LogP contribution in [0, 0.1) is 55.4 Å². The Morgan fingerprint density at radius 3 is 1.03 bits per heavy atom. The molecule has 0 spiro atoms. The number of nitrogens with zero attached hydrogens (tertiary/aromatic N) is 5. The Labute approximate surface area is 656 Å². The summed E-state index contributed by atoms with van der Waals surface area (Å²) in [6, 6.07) is 49.6. The van der Waals surface area contributed by atoms with E-state index < -0.39 is 0 Å². The molecule has 0 saturated heterocycles. The number of rotatable bonds is 14. The molecule has 0 atom stereocenters. The quantitative estimate of drug-likeness (QED) is 0.0545. The molecule has 14 heterocycles. The first kappa shape index (κ1) is 75.5. The van der Waals surface area contributed by atoms with Crippen molar-refractivity contribution in [3.05, 3.63) is 341 Å². The van der Waals surface area contributed by atoms with Crippen LogP contribution in [0.15, 0.2) is 205 Å². The molecule has 4 aliphatic heterocycles. The Morgan fingerprint density at radius 2 is 0.704 bits per heavy atom. The van der Waals surface area contributed by atoms with Crippen molar-refractivity contribution >= 4 is 93.0 Å². The van der Waals surface area contributed by atoms with Gasteiger partial charge in [0.15, 0.2) is 23.5 Å². The second kappa shape index (κ2) is 31.8. The molecule has 0 radical (unpaired) electrons. The van der Waals surface area contributed by atoms with Gasteiger partial charge in [-0.05, 0) is 163 Å². The maximum absolute atomic E-state index is 13.3. The fraction of sp³-hybridized carbons (Fsp3) is 0.141. The van der Waals surface area contributed by atoms with E-state index >= 15 is 0 Å². The molecule has 0 aliphatic carbocycles. The third-order valence-corrected chi connectivity index (χ3v) is 20.0. The summed E-state index contributed by atoms with van der Waals surface area (Å²) >= 11 is 0. The van der Waals surface area contributed by atoms with Crippen LogP contribution in [-0.2, 0) is 9.59 Å². The molecule has 115 heavy (non-hydrogen) atoms. The number of hydrogen-bond donors (Lipinski definition) is 8. The number of aldehydes is 1. The molecular formula is C92H81N13O10. The van der Waals surface area contributed by atoms with Crippen LogP contribution in [0.5, 0.6) is 23.0 Å². The van der Waals surface area contributed by atoms with E-state index in [0.29, 0.717) is 84.3 Å². The lowest BCUT2D eigenvalue weighted by Gasteiger charge is -2.01. The van der Waals surface area contributed by atoms with Crippen LogP contribution in [0.25, 0.3) is 69.4 Å². The number of ether oxygens (including phenoxy) is 4. The average Bonchev–Trinajstić information content (AvgIpc) is 1.62. The number of aromatic nitrogens is 9. The monoisotopic (exact) mass is 1530 g/mol. The highest BCUT2D eigenvalue weighted by Gasteiger charge is 2.27. The molecule has 4 aliphatic rings. The molecule has 4 aromatic carbocycles. The Kier molecular flexibility index (Phi) is 20.9. The third-order valence-electron chi connectivity index (χ3n) is 20.0. The van der Waals surface area contributed by atoms with Crippen LogP contribution in [0.4, 0.5) is 0 Å². The highest BCUT2D eigenvalue weighted by Crippen LogP contribution is 2.24. The lowest BCUT2D eigenvalue weighted by molar-refractivity contribution is -0.111. The Hall–Kier alpha value is -14.9. The topological polar surface area (TPSA) is 320 Å². The van der Waals surface area contributed by atoms with Gasteiger partial charge in [0, 0.05) is 96.8 Å². The second-order valence-corrected chi connectivity index (χ2v) is 28.1. The summed E-state index contributed by atoms with van der Waals surface area (Å²) in [6.07, 6.45) is 13.2. The molecule has 23 heteroatoms. The summed E-state index contributed by atoms with van der Waals surface area (Å²) in [5, 5.41) is 16.4. The number of carbonyl (C=O) groups is 4. The number of nitrogens with one attached hydrogen (secondary N) is 8. The second-order valence-electron chi connectivity index (χ2n) is 28.1. The van der Waals surface area contributed by atoms with Gasteiger partial charge in [0.1, 0.15) is 35.5 Å². The fourth-order valence-corrected chi connectivity index (χ4v) is 14.7. The van der Waals surface area contributed by atoms with E-state index in [9.17, 15) is 19.2 Å². The number of hydrogen-bond acceptors (Lipinski definition) is 15. The van der Waals surface area contributed by atoms with Crippen molar-refractivity contribution in [2.24, 2.45) is 20.0 Å². The summed E-state index contributed by atoms with van der Waals surface area (Å²) in [5.74, 6) is 2.37. The van der Waals surface area contributed by atoms with Crippen molar-refractivity contribution in [1.82, 2.24) is 45.0 Å². The number of carbonyl (C=O) groups excluding carboxylic acids is 4. The van der Waals surface area contributed by atoms with Gasteiger partial charge in [-0.15, -0.1) is 0 Å². The van der Waals surface area contributed by atoms with Gasteiger partial charge >= 0.3 is 0 Å². The van der Waals surface area contributed by atoms with Crippen molar-refractivity contribution in [1.29, 1.82) is 0 Å². The van der Waals surface area contributed by atoms with Crippen molar-refractivity contribution in [3.63, 3.8) is 0 Å². The number of para-hydroxylation sites is 4. The summed E-state index contributed by atoms with van der Waals surface area (Å²) in [6.45, 7) is 17.9. The Balaban J connectivity index is 0.000000121. The predicted octanol–water partition coefficient (Wildman–Crippen LogP) is 4.69. The van der Waals surface area contributed by atoms with Crippen molar-refractivity contribution in [3.8, 4) is 23.0 Å². The van der Waals surface area contributed by atoms with Gasteiger partial charge in [-0.3, -0.25) is 19.2 Å².